The molecule has 15 heavy (non-hydrogen) atoms. The van der Waals surface area contributed by atoms with E-state index < -0.39 is 0 Å². The van der Waals surface area contributed by atoms with Crippen LogP contribution in [0.3, 0.4) is 0 Å². The van der Waals surface area contributed by atoms with E-state index in [9.17, 15) is 4.79 Å². The third-order valence-electron chi connectivity index (χ3n) is 3.65. The van der Waals surface area contributed by atoms with Gasteiger partial charge in [-0.2, -0.15) is 0 Å². The Kier molecular flexibility index (Phi) is 3.76. The molecule has 2 N–H and O–H groups in total. The predicted octanol–water partition coefficient (Wildman–Crippen LogP) is 1.23. The summed E-state index contributed by atoms with van der Waals surface area (Å²) in [6.07, 6.45) is 8.78. The third kappa shape index (κ3) is 3.58. The zero-order valence-electron chi connectivity index (χ0n) is 9.48. The fourth-order valence-electron chi connectivity index (χ4n) is 2.41. The monoisotopic (exact) mass is 210 g/mol. The minimum Gasteiger partial charge on any atom is -0.316 e. The predicted molar refractivity (Wildman–Crippen MR) is 60.9 cm³/mol. The molecule has 2 heterocycles. The van der Waals surface area contributed by atoms with Crippen LogP contribution in [0.15, 0.2) is 0 Å². The molecule has 1 aliphatic carbocycles. The molecule has 0 radical (unpaired) electrons. The fourth-order valence-corrected chi connectivity index (χ4v) is 2.41. The summed E-state index contributed by atoms with van der Waals surface area (Å²) in [5.74, 6) is 0.402. The van der Waals surface area contributed by atoms with Crippen molar-refractivity contribution in [3.8, 4) is 0 Å². The van der Waals surface area contributed by atoms with E-state index >= 15 is 0 Å². The Morgan fingerprint density at radius 3 is 1.93 bits per heavy atom. The Hall–Kier alpha value is -0.410. The number of hydrogen-bond acceptors (Lipinski definition) is 3. The van der Waals surface area contributed by atoms with Gasteiger partial charge in [-0.15, -0.1) is 0 Å². The molecule has 0 atom stereocenters. The van der Waals surface area contributed by atoms with Gasteiger partial charge in [0.25, 0.3) is 0 Å². The van der Waals surface area contributed by atoms with Gasteiger partial charge in [0, 0.05) is 38.0 Å². The van der Waals surface area contributed by atoms with Gasteiger partial charge in [0.2, 0.25) is 0 Å². The van der Waals surface area contributed by atoms with Crippen molar-refractivity contribution in [2.45, 2.75) is 50.5 Å². The molecule has 1 spiro atoms. The van der Waals surface area contributed by atoms with Gasteiger partial charge in [-0.05, 0) is 12.8 Å². The molecule has 0 bridgehead atoms. The fraction of sp³-hybridized carbons (Fsp3) is 0.917. The maximum Gasteiger partial charge on any atom is 0.135 e. The van der Waals surface area contributed by atoms with Crippen molar-refractivity contribution in [2.24, 2.45) is 0 Å². The maximum atomic E-state index is 10.4. The lowest BCUT2D eigenvalue weighted by atomic mass is 9.89. The zero-order chi connectivity index (χ0) is 10.6. The number of carbonyl (C=O) groups is 1. The van der Waals surface area contributed by atoms with E-state index in [2.05, 4.69) is 10.6 Å². The standard InChI is InChI=1S/C7H13N.C5H9NO/c1-2-4-7(5-3-1)6-8-7;7-5-1-3-6-4-2-5/h8H,1-6H2;6H,1-4H2. The highest BCUT2D eigenvalue weighted by atomic mass is 16.1. The Bertz CT molecular complexity index is 208. The second-order valence-corrected chi connectivity index (χ2v) is 4.98. The molecule has 2 saturated heterocycles. The SMILES string of the molecule is C1CCC2(CC1)CN2.O=C1CCNCC1. The van der Waals surface area contributed by atoms with Crippen molar-refractivity contribution >= 4 is 5.78 Å². The molecule has 0 aromatic rings. The molecule has 0 unspecified atom stereocenters. The van der Waals surface area contributed by atoms with Crippen LogP contribution >= 0.6 is 0 Å². The first-order chi connectivity index (χ1) is 7.31. The summed E-state index contributed by atoms with van der Waals surface area (Å²) in [4.78, 5) is 10.4. The largest absolute Gasteiger partial charge is 0.316 e. The normalized spacial score (nSPS) is 28.1. The Balaban J connectivity index is 0.000000115. The second kappa shape index (κ2) is 5.08. The van der Waals surface area contributed by atoms with Crippen LogP contribution in [0.4, 0.5) is 0 Å². The van der Waals surface area contributed by atoms with E-state index in [1.807, 2.05) is 0 Å². The molecule has 1 saturated carbocycles. The average Bonchev–Trinajstić information content (AvgIpc) is 3.01. The molecule has 86 valence electrons. The molecule has 3 rings (SSSR count). The number of ketones is 1. The van der Waals surface area contributed by atoms with Gasteiger partial charge in [0.1, 0.15) is 5.78 Å². The summed E-state index contributed by atoms with van der Waals surface area (Å²) in [7, 11) is 0. The summed E-state index contributed by atoms with van der Waals surface area (Å²) in [5, 5.41) is 6.54. The van der Waals surface area contributed by atoms with E-state index in [4.69, 9.17) is 0 Å². The molecule has 3 nitrogen and oxygen atoms in total. The number of rotatable bonds is 0. The highest BCUT2D eigenvalue weighted by Crippen LogP contribution is 2.34. The van der Waals surface area contributed by atoms with Gasteiger partial charge in [0.05, 0.1) is 0 Å². The first-order valence-electron chi connectivity index (χ1n) is 6.28. The summed E-state index contributed by atoms with van der Waals surface area (Å²) in [5.41, 5.74) is 0.679. The van der Waals surface area contributed by atoms with Crippen molar-refractivity contribution in [1.29, 1.82) is 0 Å². The van der Waals surface area contributed by atoms with Gasteiger partial charge in [0.15, 0.2) is 0 Å². The van der Waals surface area contributed by atoms with Crippen molar-refractivity contribution in [1.82, 2.24) is 10.6 Å². The van der Waals surface area contributed by atoms with Gasteiger partial charge < -0.3 is 10.6 Å². The maximum absolute atomic E-state index is 10.4. The van der Waals surface area contributed by atoms with Crippen LogP contribution in [0.25, 0.3) is 0 Å². The van der Waals surface area contributed by atoms with Gasteiger partial charge in [-0.3, -0.25) is 4.79 Å². The van der Waals surface area contributed by atoms with E-state index in [0.29, 0.717) is 11.3 Å². The number of Topliss-reactive ketones (excluding diaryl/α,β-unsaturated/α-hetero) is 1. The van der Waals surface area contributed by atoms with Crippen LogP contribution in [0.1, 0.15) is 44.9 Å². The smallest absolute Gasteiger partial charge is 0.135 e. The number of piperidine rings is 1. The summed E-state index contributed by atoms with van der Waals surface area (Å²) >= 11 is 0. The molecule has 2 aliphatic heterocycles. The van der Waals surface area contributed by atoms with Crippen LogP contribution in [-0.4, -0.2) is 31.0 Å². The van der Waals surface area contributed by atoms with Crippen molar-refractivity contribution in [2.75, 3.05) is 19.6 Å². The summed E-state index contributed by atoms with van der Waals surface area (Å²) < 4.78 is 0. The summed E-state index contributed by atoms with van der Waals surface area (Å²) in [6, 6.07) is 0. The Labute approximate surface area is 92.0 Å². The van der Waals surface area contributed by atoms with Gasteiger partial charge >= 0.3 is 0 Å². The number of nitrogens with one attached hydrogen (secondary N) is 2. The Morgan fingerprint density at radius 2 is 1.60 bits per heavy atom. The lowest BCUT2D eigenvalue weighted by Crippen LogP contribution is -2.27. The molecular weight excluding hydrogens is 188 g/mol. The molecule has 0 aromatic carbocycles. The highest BCUT2D eigenvalue weighted by Gasteiger charge is 2.41. The quantitative estimate of drug-likeness (QED) is 0.591. The van der Waals surface area contributed by atoms with Crippen LogP contribution in [0.5, 0.6) is 0 Å². The lowest BCUT2D eigenvalue weighted by molar-refractivity contribution is -0.119. The molecule has 0 amide bonds. The minimum absolute atomic E-state index is 0.402. The lowest BCUT2D eigenvalue weighted by Gasteiger charge is -2.18. The van der Waals surface area contributed by atoms with Crippen molar-refractivity contribution in [3.63, 3.8) is 0 Å². The van der Waals surface area contributed by atoms with E-state index in [1.165, 1.54) is 38.6 Å². The number of carbonyl (C=O) groups excluding carboxylic acids is 1. The van der Waals surface area contributed by atoms with Crippen LogP contribution in [0, 0.1) is 0 Å². The molecule has 3 aliphatic rings. The van der Waals surface area contributed by atoms with Gasteiger partial charge in [-0.1, -0.05) is 19.3 Å². The highest BCUT2D eigenvalue weighted by molar-refractivity contribution is 5.79. The second-order valence-electron chi connectivity index (χ2n) is 4.98. The third-order valence-corrected chi connectivity index (χ3v) is 3.65. The summed E-state index contributed by atoms with van der Waals surface area (Å²) in [6.45, 7) is 3.09. The number of hydrogen-bond donors (Lipinski definition) is 2. The first kappa shape index (κ1) is 11.1. The van der Waals surface area contributed by atoms with Crippen LogP contribution in [0.2, 0.25) is 0 Å². The van der Waals surface area contributed by atoms with E-state index in [1.54, 1.807) is 0 Å². The van der Waals surface area contributed by atoms with E-state index in [0.717, 1.165) is 25.9 Å². The molecule has 0 aromatic heterocycles. The van der Waals surface area contributed by atoms with E-state index in [-0.39, 0.29) is 0 Å². The Morgan fingerprint density at radius 1 is 1.00 bits per heavy atom. The van der Waals surface area contributed by atoms with Crippen molar-refractivity contribution < 1.29 is 4.79 Å². The van der Waals surface area contributed by atoms with Crippen LogP contribution < -0.4 is 10.6 Å². The van der Waals surface area contributed by atoms with Crippen LogP contribution in [-0.2, 0) is 4.79 Å². The molecule has 3 heteroatoms. The molecule has 3 fully saturated rings. The first-order valence-corrected chi connectivity index (χ1v) is 6.28. The van der Waals surface area contributed by atoms with Crippen molar-refractivity contribution in [3.05, 3.63) is 0 Å². The topological polar surface area (TPSA) is 51.0 Å². The molecular formula is C12H22N2O. The van der Waals surface area contributed by atoms with Gasteiger partial charge in [-0.25, -0.2) is 0 Å². The minimum atomic E-state index is 0.402. The zero-order valence-corrected chi connectivity index (χ0v) is 9.48. The average molecular weight is 210 g/mol.